The van der Waals surface area contributed by atoms with E-state index < -0.39 is 41.4 Å². The van der Waals surface area contributed by atoms with Gasteiger partial charge in [0, 0.05) is 28.5 Å². The molecule has 1 aromatic rings. The Kier molecular flexibility index (Phi) is 6.67. The third-order valence-corrected chi connectivity index (χ3v) is 7.34. The first-order valence-corrected chi connectivity index (χ1v) is 11.0. The van der Waals surface area contributed by atoms with Gasteiger partial charge in [0.1, 0.15) is 23.9 Å². The molecule has 0 spiro atoms. The number of aliphatic carboxylic acids is 1. The number of aryl methyl sites for hydroxylation is 1. The fraction of sp³-hybridized carbons (Fsp3) is 0.560. The number of carbonyl (C=O) groups is 3. The molecule has 0 unspecified atom stereocenters. The third kappa shape index (κ3) is 3.89. The number of hydrogen-bond acceptors (Lipinski definition) is 6. The maximum absolute atomic E-state index is 12.8. The number of ether oxygens (including phenoxy) is 2. The first-order valence-electron chi connectivity index (χ1n) is 11.0. The molecule has 0 saturated heterocycles. The van der Waals surface area contributed by atoms with Crippen LogP contribution in [0.2, 0.25) is 0 Å². The Morgan fingerprint density at radius 1 is 1.09 bits per heavy atom. The monoisotopic (exact) mass is 444 g/mol. The van der Waals surface area contributed by atoms with Crippen LogP contribution >= 0.6 is 0 Å². The summed E-state index contributed by atoms with van der Waals surface area (Å²) >= 11 is 0. The zero-order valence-electron chi connectivity index (χ0n) is 19.6. The van der Waals surface area contributed by atoms with Gasteiger partial charge in [0.05, 0.1) is 6.26 Å². The number of carboxylic acid groups (broad SMARTS) is 1. The van der Waals surface area contributed by atoms with Crippen LogP contribution in [0.15, 0.2) is 34.0 Å². The van der Waals surface area contributed by atoms with E-state index in [1.807, 2.05) is 13.8 Å². The van der Waals surface area contributed by atoms with Gasteiger partial charge in [-0.1, -0.05) is 19.1 Å². The van der Waals surface area contributed by atoms with Crippen molar-refractivity contribution in [2.75, 3.05) is 0 Å². The molecule has 1 N–H and O–H groups in total. The summed E-state index contributed by atoms with van der Waals surface area (Å²) in [6.45, 7) is 10.5. The minimum absolute atomic E-state index is 0.108. The van der Waals surface area contributed by atoms with Crippen molar-refractivity contribution in [3.63, 3.8) is 0 Å². The highest BCUT2D eigenvalue weighted by Crippen LogP contribution is 2.60. The highest BCUT2D eigenvalue weighted by molar-refractivity contribution is 5.88. The number of carboxylic acids is 1. The normalized spacial score (nSPS) is 30.2. The van der Waals surface area contributed by atoms with Crippen LogP contribution < -0.4 is 0 Å². The van der Waals surface area contributed by atoms with Gasteiger partial charge in [0.2, 0.25) is 0 Å². The van der Waals surface area contributed by atoms with Crippen LogP contribution in [0.5, 0.6) is 0 Å². The van der Waals surface area contributed by atoms with E-state index in [9.17, 15) is 19.5 Å². The van der Waals surface area contributed by atoms with E-state index in [0.29, 0.717) is 30.4 Å². The Labute approximate surface area is 188 Å². The SMILES string of the molecule is C/C=C(/C)C(=O)O[C@H]1CC[C@@H]2Cc3occ(C)c3[C@@H](OC(=O)/C(C)=C\C)[C@]2(C)[C@H]1C(=O)O. The Hall–Kier alpha value is -2.83. The molecule has 1 fully saturated rings. The molecule has 1 saturated carbocycles. The summed E-state index contributed by atoms with van der Waals surface area (Å²) in [4.78, 5) is 37.9. The summed E-state index contributed by atoms with van der Waals surface area (Å²) in [5.41, 5.74) is 1.41. The van der Waals surface area contributed by atoms with Crippen molar-refractivity contribution in [1.82, 2.24) is 0 Å². The number of carbonyl (C=O) groups excluding carboxylic acids is 2. The Balaban J connectivity index is 2.10. The molecule has 2 aliphatic carbocycles. The smallest absolute Gasteiger partial charge is 0.334 e. The Morgan fingerprint density at radius 3 is 2.25 bits per heavy atom. The van der Waals surface area contributed by atoms with Gasteiger partial charge in [-0.3, -0.25) is 4.79 Å². The minimum Gasteiger partial charge on any atom is -0.481 e. The first-order chi connectivity index (χ1) is 15.1. The standard InChI is InChI=1S/C25H32O7/c1-7-13(3)23(28)31-17-10-9-16-11-18-19(15(5)12-30-18)21(32-24(29)14(4)8-2)25(16,6)20(17)22(26)27/h7-8,12,16-17,20-21H,9-11H2,1-6H3,(H,26,27)/b13-7-,14-8-/t16-,17+,20-,21-,25+/m1/s1. The second-order valence-corrected chi connectivity index (χ2v) is 9.09. The van der Waals surface area contributed by atoms with E-state index in [-0.39, 0.29) is 5.92 Å². The number of allylic oxidation sites excluding steroid dienone is 2. The molecule has 1 heterocycles. The third-order valence-electron chi connectivity index (χ3n) is 7.34. The van der Waals surface area contributed by atoms with Gasteiger partial charge < -0.3 is 19.0 Å². The molecule has 3 rings (SSSR count). The second kappa shape index (κ2) is 8.96. The van der Waals surface area contributed by atoms with E-state index in [4.69, 9.17) is 13.9 Å². The summed E-state index contributed by atoms with van der Waals surface area (Å²) in [5.74, 6) is -2.52. The number of esters is 2. The van der Waals surface area contributed by atoms with Crippen molar-refractivity contribution >= 4 is 17.9 Å². The van der Waals surface area contributed by atoms with Crippen LogP contribution in [-0.4, -0.2) is 29.1 Å². The van der Waals surface area contributed by atoms with Crippen LogP contribution in [0, 0.1) is 24.2 Å². The van der Waals surface area contributed by atoms with Crippen LogP contribution in [0.1, 0.15) is 70.5 Å². The largest absolute Gasteiger partial charge is 0.481 e. The van der Waals surface area contributed by atoms with Gasteiger partial charge in [-0.2, -0.15) is 0 Å². The number of rotatable bonds is 5. The van der Waals surface area contributed by atoms with Crippen molar-refractivity contribution in [3.05, 3.63) is 46.4 Å². The fourth-order valence-corrected chi connectivity index (χ4v) is 5.15. The first kappa shape index (κ1) is 23.8. The van der Waals surface area contributed by atoms with E-state index in [0.717, 1.165) is 16.9 Å². The zero-order chi connectivity index (χ0) is 23.8. The summed E-state index contributed by atoms with van der Waals surface area (Å²) in [6.07, 6.45) is 4.86. The molecule has 174 valence electrons. The van der Waals surface area contributed by atoms with Crippen molar-refractivity contribution in [1.29, 1.82) is 0 Å². The van der Waals surface area contributed by atoms with Gasteiger partial charge >= 0.3 is 17.9 Å². The maximum Gasteiger partial charge on any atom is 0.334 e. The molecule has 2 aliphatic rings. The summed E-state index contributed by atoms with van der Waals surface area (Å²) < 4.78 is 17.5. The lowest BCUT2D eigenvalue weighted by Gasteiger charge is -2.53. The van der Waals surface area contributed by atoms with Crippen LogP contribution in [-0.2, 0) is 30.3 Å². The van der Waals surface area contributed by atoms with E-state index in [1.165, 1.54) is 0 Å². The molecule has 7 heteroatoms. The van der Waals surface area contributed by atoms with E-state index in [2.05, 4.69) is 0 Å². The Morgan fingerprint density at radius 2 is 1.69 bits per heavy atom. The quantitative estimate of drug-likeness (QED) is 0.519. The van der Waals surface area contributed by atoms with Crippen molar-refractivity contribution in [2.24, 2.45) is 17.3 Å². The van der Waals surface area contributed by atoms with Crippen molar-refractivity contribution in [2.45, 2.75) is 73.0 Å². The average molecular weight is 445 g/mol. The molecule has 1 aromatic heterocycles. The predicted molar refractivity (Wildman–Crippen MR) is 117 cm³/mol. The molecule has 0 bridgehead atoms. The van der Waals surface area contributed by atoms with Gasteiger partial charge in [-0.25, -0.2) is 9.59 Å². The van der Waals surface area contributed by atoms with Crippen LogP contribution in [0.4, 0.5) is 0 Å². The molecule has 32 heavy (non-hydrogen) atoms. The highest BCUT2D eigenvalue weighted by Gasteiger charge is 2.62. The molecular formula is C25H32O7. The molecule has 7 nitrogen and oxygen atoms in total. The number of hydrogen-bond donors (Lipinski definition) is 1. The molecule has 0 amide bonds. The Bertz CT molecular complexity index is 982. The molecule has 0 aromatic carbocycles. The maximum atomic E-state index is 12.8. The number of fused-ring (bicyclic) bond motifs is 2. The summed E-state index contributed by atoms with van der Waals surface area (Å²) in [5, 5.41) is 10.3. The van der Waals surface area contributed by atoms with Gasteiger partial charge in [-0.15, -0.1) is 0 Å². The second-order valence-electron chi connectivity index (χ2n) is 9.09. The molecule has 5 atom stereocenters. The number of furan rings is 1. The lowest BCUT2D eigenvalue weighted by Crippen LogP contribution is -2.56. The summed E-state index contributed by atoms with van der Waals surface area (Å²) in [6, 6.07) is 0. The minimum atomic E-state index is -1.07. The fourth-order valence-electron chi connectivity index (χ4n) is 5.15. The van der Waals surface area contributed by atoms with Gasteiger partial charge in [-0.05, 0) is 58.9 Å². The van der Waals surface area contributed by atoms with Crippen LogP contribution in [0.25, 0.3) is 0 Å². The average Bonchev–Trinajstić information content (AvgIpc) is 3.12. The van der Waals surface area contributed by atoms with Crippen molar-refractivity contribution < 1.29 is 33.4 Å². The topological polar surface area (TPSA) is 103 Å². The summed E-state index contributed by atoms with van der Waals surface area (Å²) in [7, 11) is 0. The van der Waals surface area contributed by atoms with E-state index in [1.54, 1.807) is 46.1 Å². The van der Waals surface area contributed by atoms with Crippen molar-refractivity contribution in [3.8, 4) is 0 Å². The molecular weight excluding hydrogens is 412 g/mol. The van der Waals surface area contributed by atoms with E-state index >= 15 is 0 Å². The molecule has 0 radical (unpaired) electrons. The lowest BCUT2D eigenvalue weighted by molar-refractivity contribution is -0.196. The van der Waals surface area contributed by atoms with Gasteiger partial charge in [0.25, 0.3) is 0 Å². The highest BCUT2D eigenvalue weighted by atomic mass is 16.6. The molecule has 0 aliphatic heterocycles. The lowest BCUT2D eigenvalue weighted by atomic mass is 9.53. The zero-order valence-corrected chi connectivity index (χ0v) is 19.6. The van der Waals surface area contributed by atoms with Crippen LogP contribution in [0.3, 0.4) is 0 Å². The van der Waals surface area contributed by atoms with Gasteiger partial charge in [0.15, 0.2) is 0 Å². The predicted octanol–water partition coefficient (Wildman–Crippen LogP) is 4.69.